The van der Waals surface area contributed by atoms with Crippen molar-refractivity contribution in [2.45, 2.75) is 31.7 Å². The maximum atomic E-state index is 12.8. The average Bonchev–Trinajstić information content (AvgIpc) is 3.09. The number of benzene rings is 1. The fourth-order valence-electron chi connectivity index (χ4n) is 1.60. The number of unbranched alkanes of at least 4 members (excludes halogenated alkanes) is 1. The first-order valence-electron chi connectivity index (χ1n) is 6.07. The van der Waals surface area contributed by atoms with Gasteiger partial charge in [-0.05, 0) is 50.4 Å². The minimum absolute atomic E-state index is 0.334. The van der Waals surface area contributed by atoms with E-state index in [1.165, 1.54) is 25.0 Å². The summed E-state index contributed by atoms with van der Waals surface area (Å²) >= 11 is 5.84. The molecule has 0 atom stereocenters. The van der Waals surface area contributed by atoms with E-state index in [1.807, 2.05) is 0 Å². The van der Waals surface area contributed by atoms with Gasteiger partial charge in [0.15, 0.2) is 0 Å². The summed E-state index contributed by atoms with van der Waals surface area (Å²) in [7, 11) is 0. The summed E-state index contributed by atoms with van der Waals surface area (Å²) in [5.74, 6) is 0.221. The van der Waals surface area contributed by atoms with E-state index in [4.69, 9.17) is 16.3 Å². The van der Waals surface area contributed by atoms with Crippen LogP contribution in [-0.4, -0.2) is 19.2 Å². The van der Waals surface area contributed by atoms with Gasteiger partial charge < -0.3 is 10.1 Å². The van der Waals surface area contributed by atoms with Gasteiger partial charge in [0.05, 0.1) is 11.6 Å². The zero-order valence-corrected chi connectivity index (χ0v) is 10.5. The molecule has 0 heterocycles. The van der Waals surface area contributed by atoms with Gasteiger partial charge in [0.25, 0.3) is 0 Å². The third-order valence-corrected chi connectivity index (χ3v) is 3.03. The van der Waals surface area contributed by atoms with E-state index in [9.17, 15) is 4.39 Å². The van der Waals surface area contributed by atoms with Gasteiger partial charge in [0.2, 0.25) is 0 Å². The van der Waals surface area contributed by atoms with Crippen LogP contribution in [0, 0.1) is 5.82 Å². The highest BCUT2D eigenvalue weighted by Crippen LogP contribution is 2.25. The van der Waals surface area contributed by atoms with Gasteiger partial charge in [-0.25, -0.2) is 4.39 Å². The van der Waals surface area contributed by atoms with E-state index in [-0.39, 0.29) is 5.82 Å². The van der Waals surface area contributed by atoms with Crippen molar-refractivity contribution < 1.29 is 9.13 Å². The molecule has 1 N–H and O–H groups in total. The fourth-order valence-corrected chi connectivity index (χ4v) is 1.82. The first-order chi connectivity index (χ1) is 8.25. The van der Waals surface area contributed by atoms with Crippen molar-refractivity contribution in [3.8, 4) is 5.75 Å². The van der Waals surface area contributed by atoms with Crippen molar-refractivity contribution >= 4 is 11.6 Å². The van der Waals surface area contributed by atoms with Crippen LogP contribution in [-0.2, 0) is 0 Å². The molecule has 1 saturated carbocycles. The summed E-state index contributed by atoms with van der Waals surface area (Å²) in [6, 6.07) is 4.96. The van der Waals surface area contributed by atoms with Crippen LogP contribution < -0.4 is 10.1 Å². The van der Waals surface area contributed by atoms with Crippen molar-refractivity contribution in [3.05, 3.63) is 29.0 Å². The highest BCUT2D eigenvalue weighted by atomic mass is 35.5. The Morgan fingerprint density at radius 3 is 2.88 bits per heavy atom. The number of halogens is 2. The van der Waals surface area contributed by atoms with E-state index in [1.54, 1.807) is 6.07 Å². The van der Waals surface area contributed by atoms with Gasteiger partial charge >= 0.3 is 0 Å². The lowest BCUT2D eigenvalue weighted by atomic mass is 10.3. The Hall–Kier alpha value is -0.800. The summed E-state index contributed by atoms with van der Waals surface area (Å²) in [5.41, 5.74) is 0. The topological polar surface area (TPSA) is 21.3 Å². The Morgan fingerprint density at radius 2 is 2.18 bits per heavy atom. The number of rotatable bonds is 7. The molecule has 1 fully saturated rings. The molecule has 4 heteroatoms. The molecular formula is C13H17ClFNO. The minimum Gasteiger partial charge on any atom is -0.492 e. The molecule has 0 spiro atoms. The van der Waals surface area contributed by atoms with Gasteiger partial charge in [-0.15, -0.1) is 0 Å². The maximum absolute atomic E-state index is 12.8. The predicted molar refractivity (Wildman–Crippen MR) is 67.2 cm³/mol. The molecular weight excluding hydrogens is 241 g/mol. The van der Waals surface area contributed by atoms with Crippen LogP contribution in [0.1, 0.15) is 25.7 Å². The van der Waals surface area contributed by atoms with E-state index < -0.39 is 0 Å². The van der Waals surface area contributed by atoms with Crippen LogP contribution in [0.15, 0.2) is 18.2 Å². The molecule has 94 valence electrons. The SMILES string of the molecule is Fc1ccc(OCCCCNC2CC2)c(Cl)c1. The minimum atomic E-state index is -0.337. The van der Waals surface area contributed by atoms with E-state index in [0.29, 0.717) is 17.4 Å². The highest BCUT2D eigenvalue weighted by Gasteiger charge is 2.19. The zero-order chi connectivity index (χ0) is 12.1. The average molecular weight is 258 g/mol. The van der Waals surface area contributed by atoms with Crippen LogP contribution in [0.2, 0.25) is 5.02 Å². The Labute approximate surface area is 106 Å². The Morgan fingerprint density at radius 1 is 1.35 bits per heavy atom. The summed E-state index contributed by atoms with van der Waals surface area (Å²) in [5, 5.41) is 3.78. The van der Waals surface area contributed by atoms with E-state index in [2.05, 4.69) is 5.32 Å². The molecule has 2 rings (SSSR count). The second-order valence-corrected chi connectivity index (χ2v) is 4.77. The van der Waals surface area contributed by atoms with Crippen molar-refractivity contribution in [2.24, 2.45) is 0 Å². The smallest absolute Gasteiger partial charge is 0.138 e. The quantitative estimate of drug-likeness (QED) is 0.756. The third kappa shape index (κ3) is 4.52. The summed E-state index contributed by atoms with van der Waals surface area (Å²) < 4.78 is 18.3. The molecule has 0 saturated heterocycles. The zero-order valence-electron chi connectivity index (χ0n) is 9.72. The van der Waals surface area contributed by atoms with Gasteiger partial charge in [-0.1, -0.05) is 11.6 Å². The largest absolute Gasteiger partial charge is 0.492 e. The normalized spacial score (nSPS) is 14.9. The number of nitrogens with one attached hydrogen (secondary N) is 1. The summed E-state index contributed by atoms with van der Waals surface area (Å²) in [6.45, 7) is 1.67. The molecule has 1 aromatic carbocycles. The second kappa shape index (κ2) is 6.22. The number of ether oxygens (including phenoxy) is 1. The molecule has 0 amide bonds. The van der Waals surface area contributed by atoms with Crippen LogP contribution >= 0.6 is 11.6 Å². The number of hydrogen-bond donors (Lipinski definition) is 1. The summed E-state index contributed by atoms with van der Waals surface area (Å²) in [4.78, 5) is 0. The Kier molecular flexibility index (Phi) is 4.63. The monoisotopic (exact) mass is 257 g/mol. The van der Waals surface area contributed by atoms with Crippen molar-refractivity contribution in [1.82, 2.24) is 5.32 Å². The Balaban J connectivity index is 1.60. The van der Waals surface area contributed by atoms with Crippen LogP contribution in [0.3, 0.4) is 0 Å². The van der Waals surface area contributed by atoms with Crippen LogP contribution in [0.4, 0.5) is 4.39 Å². The second-order valence-electron chi connectivity index (χ2n) is 4.36. The molecule has 0 aromatic heterocycles. The Bertz CT molecular complexity index is 368. The van der Waals surface area contributed by atoms with Crippen LogP contribution in [0.25, 0.3) is 0 Å². The van der Waals surface area contributed by atoms with Crippen LogP contribution in [0.5, 0.6) is 5.75 Å². The van der Waals surface area contributed by atoms with Crippen molar-refractivity contribution in [3.63, 3.8) is 0 Å². The molecule has 1 aromatic rings. The van der Waals surface area contributed by atoms with Gasteiger partial charge in [0.1, 0.15) is 11.6 Å². The highest BCUT2D eigenvalue weighted by molar-refractivity contribution is 6.32. The third-order valence-electron chi connectivity index (χ3n) is 2.73. The first-order valence-corrected chi connectivity index (χ1v) is 6.45. The molecule has 0 bridgehead atoms. The predicted octanol–water partition coefficient (Wildman–Crippen LogP) is 3.39. The molecule has 17 heavy (non-hydrogen) atoms. The molecule has 0 radical (unpaired) electrons. The lowest BCUT2D eigenvalue weighted by Gasteiger charge is -2.08. The lowest BCUT2D eigenvalue weighted by Crippen LogP contribution is -2.17. The van der Waals surface area contributed by atoms with E-state index >= 15 is 0 Å². The summed E-state index contributed by atoms with van der Waals surface area (Å²) in [6.07, 6.45) is 4.71. The molecule has 2 nitrogen and oxygen atoms in total. The maximum Gasteiger partial charge on any atom is 0.138 e. The van der Waals surface area contributed by atoms with E-state index in [0.717, 1.165) is 25.4 Å². The van der Waals surface area contributed by atoms with Gasteiger partial charge in [-0.2, -0.15) is 0 Å². The van der Waals surface area contributed by atoms with Crippen molar-refractivity contribution in [1.29, 1.82) is 0 Å². The van der Waals surface area contributed by atoms with Gasteiger partial charge in [0, 0.05) is 6.04 Å². The first kappa shape index (κ1) is 12.7. The molecule has 1 aliphatic carbocycles. The number of hydrogen-bond acceptors (Lipinski definition) is 2. The molecule has 1 aliphatic rings. The van der Waals surface area contributed by atoms with Crippen molar-refractivity contribution in [2.75, 3.05) is 13.2 Å². The molecule has 0 aliphatic heterocycles. The fraction of sp³-hybridized carbons (Fsp3) is 0.538. The molecule has 0 unspecified atom stereocenters. The lowest BCUT2D eigenvalue weighted by molar-refractivity contribution is 0.305. The standard InChI is InChI=1S/C13H17ClFNO/c14-12-9-10(15)3-6-13(12)17-8-2-1-7-16-11-4-5-11/h3,6,9,11,16H,1-2,4-5,7-8H2. The van der Waals surface area contributed by atoms with Gasteiger partial charge in [-0.3, -0.25) is 0 Å².